The number of nitrogens with zero attached hydrogens (tertiary/aromatic N) is 2. The Labute approximate surface area is 96.5 Å². The maximum atomic E-state index is 12.0. The third-order valence-electron chi connectivity index (χ3n) is 2.36. The largest absolute Gasteiger partial charge is 0.340 e. The molecule has 1 atom stereocenters. The molecule has 88 valence electrons. The van der Waals surface area contributed by atoms with Gasteiger partial charge in [-0.1, -0.05) is 0 Å². The fraction of sp³-hybridized carbons (Fsp3) is 0.500. The average molecular weight is 221 g/mol. The first-order valence-electron chi connectivity index (χ1n) is 5.37. The van der Waals surface area contributed by atoms with Crippen LogP contribution in [0.15, 0.2) is 12.1 Å². The highest BCUT2D eigenvalue weighted by atomic mass is 16.2. The van der Waals surface area contributed by atoms with Gasteiger partial charge in [0, 0.05) is 25.3 Å². The average Bonchev–Trinajstić information content (AvgIpc) is 2.15. The van der Waals surface area contributed by atoms with Crippen molar-refractivity contribution in [2.24, 2.45) is 5.73 Å². The molecule has 0 aromatic carbocycles. The van der Waals surface area contributed by atoms with Crippen molar-refractivity contribution in [2.75, 3.05) is 13.6 Å². The van der Waals surface area contributed by atoms with Gasteiger partial charge in [-0.25, -0.2) is 0 Å². The fourth-order valence-electron chi connectivity index (χ4n) is 1.63. The zero-order valence-corrected chi connectivity index (χ0v) is 10.3. The smallest absolute Gasteiger partial charge is 0.255 e. The summed E-state index contributed by atoms with van der Waals surface area (Å²) in [5.41, 5.74) is 7.99. The van der Waals surface area contributed by atoms with Gasteiger partial charge in [-0.3, -0.25) is 9.78 Å². The quantitative estimate of drug-likeness (QED) is 0.832. The number of amides is 1. The number of carbonyl (C=O) groups excluding carboxylic acids is 1. The number of hydrogen-bond acceptors (Lipinski definition) is 3. The molecule has 2 N–H and O–H groups in total. The number of aryl methyl sites for hydroxylation is 2. The molecule has 1 rings (SSSR count). The van der Waals surface area contributed by atoms with Crippen LogP contribution in [0.3, 0.4) is 0 Å². The fourth-order valence-corrected chi connectivity index (χ4v) is 1.63. The second-order valence-electron chi connectivity index (χ2n) is 4.25. The molecule has 0 aliphatic rings. The molecule has 4 heteroatoms. The molecule has 1 aromatic rings. The van der Waals surface area contributed by atoms with E-state index < -0.39 is 0 Å². The lowest BCUT2D eigenvalue weighted by atomic mass is 10.1. The summed E-state index contributed by atoms with van der Waals surface area (Å²) in [7, 11) is 1.75. The second-order valence-corrected chi connectivity index (χ2v) is 4.25. The number of carbonyl (C=O) groups is 1. The lowest BCUT2D eigenvalue weighted by Gasteiger charge is -2.20. The number of rotatable bonds is 3. The third kappa shape index (κ3) is 3.03. The predicted molar refractivity (Wildman–Crippen MR) is 64.3 cm³/mol. The van der Waals surface area contributed by atoms with E-state index in [0.717, 1.165) is 11.4 Å². The first kappa shape index (κ1) is 12.6. The molecule has 1 unspecified atom stereocenters. The number of likely N-dealkylation sites (N-methyl/N-ethyl adjacent to an activating group) is 1. The van der Waals surface area contributed by atoms with Crippen LogP contribution in [0.1, 0.15) is 28.7 Å². The summed E-state index contributed by atoms with van der Waals surface area (Å²) in [5, 5.41) is 0. The summed E-state index contributed by atoms with van der Waals surface area (Å²) in [6.07, 6.45) is 0. The normalized spacial score (nSPS) is 12.3. The highest BCUT2D eigenvalue weighted by molar-refractivity contribution is 5.95. The summed E-state index contributed by atoms with van der Waals surface area (Å²) >= 11 is 0. The highest BCUT2D eigenvalue weighted by Crippen LogP contribution is 2.09. The molecule has 1 aromatic heterocycles. The van der Waals surface area contributed by atoms with Crippen LogP contribution in [0.25, 0.3) is 0 Å². The SMILES string of the molecule is Cc1ccc(C(=O)N(C)CC(C)N)c(C)n1. The van der Waals surface area contributed by atoms with Gasteiger partial charge in [0.05, 0.1) is 11.3 Å². The summed E-state index contributed by atoms with van der Waals surface area (Å²) in [5.74, 6) is -0.0256. The van der Waals surface area contributed by atoms with E-state index in [0.29, 0.717) is 12.1 Å². The van der Waals surface area contributed by atoms with Crippen molar-refractivity contribution in [3.8, 4) is 0 Å². The first-order chi connectivity index (χ1) is 7.41. The van der Waals surface area contributed by atoms with Crippen molar-refractivity contribution in [1.82, 2.24) is 9.88 Å². The molecule has 1 heterocycles. The molecule has 0 aliphatic heterocycles. The van der Waals surface area contributed by atoms with E-state index in [1.165, 1.54) is 0 Å². The molecule has 4 nitrogen and oxygen atoms in total. The Balaban J connectivity index is 2.88. The lowest BCUT2D eigenvalue weighted by molar-refractivity contribution is 0.0787. The van der Waals surface area contributed by atoms with Gasteiger partial charge in [0.1, 0.15) is 0 Å². The molecule has 0 bridgehead atoms. The van der Waals surface area contributed by atoms with Crippen molar-refractivity contribution >= 4 is 5.91 Å². The van der Waals surface area contributed by atoms with E-state index in [-0.39, 0.29) is 11.9 Å². The van der Waals surface area contributed by atoms with Gasteiger partial charge >= 0.3 is 0 Å². The maximum Gasteiger partial charge on any atom is 0.255 e. The molecule has 0 spiro atoms. The predicted octanol–water partition coefficient (Wildman–Crippen LogP) is 1.12. The topological polar surface area (TPSA) is 59.2 Å². The van der Waals surface area contributed by atoms with Crippen molar-refractivity contribution in [1.29, 1.82) is 0 Å². The van der Waals surface area contributed by atoms with Crippen LogP contribution in [-0.2, 0) is 0 Å². The minimum Gasteiger partial charge on any atom is -0.340 e. The number of aromatic nitrogens is 1. The summed E-state index contributed by atoms with van der Waals surface area (Å²) in [6, 6.07) is 3.64. The Morgan fingerprint density at radius 1 is 1.50 bits per heavy atom. The standard InChI is InChI=1S/C12H19N3O/c1-8(13)7-15(4)12(16)11-6-5-9(2)14-10(11)3/h5-6,8H,7,13H2,1-4H3. The van der Waals surface area contributed by atoms with Crippen LogP contribution in [0.5, 0.6) is 0 Å². The Hall–Kier alpha value is -1.42. The van der Waals surface area contributed by atoms with Gasteiger partial charge in [0.2, 0.25) is 0 Å². The molecule has 0 saturated carbocycles. The lowest BCUT2D eigenvalue weighted by Crippen LogP contribution is -2.37. The molecule has 0 fully saturated rings. The van der Waals surface area contributed by atoms with Gasteiger partial charge in [-0.2, -0.15) is 0 Å². The Morgan fingerprint density at radius 3 is 2.62 bits per heavy atom. The Kier molecular flexibility index (Phi) is 4.01. The van der Waals surface area contributed by atoms with E-state index in [1.807, 2.05) is 32.9 Å². The maximum absolute atomic E-state index is 12.0. The second kappa shape index (κ2) is 5.07. The Morgan fingerprint density at radius 2 is 2.12 bits per heavy atom. The zero-order chi connectivity index (χ0) is 12.3. The van der Waals surface area contributed by atoms with E-state index in [9.17, 15) is 4.79 Å². The number of hydrogen-bond donors (Lipinski definition) is 1. The molecule has 0 aliphatic carbocycles. The van der Waals surface area contributed by atoms with Gasteiger partial charge < -0.3 is 10.6 Å². The minimum atomic E-state index is -0.0256. The van der Waals surface area contributed by atoms with Crippen molar-refractivity contribution in [3.63, 3.8) is 0 Å². The highest BCUT2D eigenvalue weighted by Gasteiger charge is 2.15. The van der Waals surface area contributed by atoms with Crippen LogP contribution in [-0.4, -0.2) is 35.4 Å². The van der Waals surface area contributed by atoms with Crippen molar-refractivity contribution in [2.45, 2.75) is 26.8 Å². The van der Waals surface area contributed by atoms with Crippen LogP contribution in [0.2, 0.25) is 0 Å². The molecule has 16 heavy (non-hydrogen) atoms. The molecular formula is C12H19N3O. The zero-order valence-electron chi connectivity index (χ0n) is 10.3. The van der Waals surface area contributed by atoms with E-state index in [4.69, 9.17) is 5.73 Å². The van der Waals surface area contributed by atoms with E-state index in [1.54, 1.807) is 11.9 Å². The van der Waals surface area contributed by atoms with Crippen LogP contribution < -0.4 is 5.73 Å². The van der Waals surface area contributed by atoms with Crippen molar-refractivity contribution in [3.05, 3.63) is 29.1 Å². The molecule has 0 radical (unpaired) electrons. The molecular weight excluding hydrogens is 202 g/mol. The summed E-state index contributed by atoms with van der Waals surface area (Å²) in [4.78, 5) is 17.9. The van der Waals surface area contributed by atoms with Crippen LogP contribution in [0, 0.1) is 13.8 Å². The molecule has 1 amide bonds. The van der Waals surface area contributed by atoms with Gasteiger partial charge in [-0.15, -0.1) is 0 Å². The minimum absolute atomic E-state index is 0.0207. The van der Waals surface area contributed by atoms with Crippen molar-refractivity contribution < 1.29 is 4.79 Å². The first-order valence-corrected chi connectivity index (χ1v) is 5.37. The van der Waals surface area contributed by atoms with E-state index in [2.05, 4.69) is 4.98 Å². The number of pyridine rings is 1. The van der Waals surface area contributed by atoms with Crippen LogP contribution in [0.4, 0.5) is 0 Å². The van der Waals surface area contributed by atoms with Gasteiger partial charge in [-0.05, 0) is 32.9 Å². The summed E-state index contributed by atoms with van der Waals surface area (Å²) < 4.78 is 0. The van der Waals surface area contributed by atoms with Gasteiger partial charge in [0.25, 0.3) is 5.91 Å². The van der Waals surface area contributed by atoms with Gasteiger partial charge in [0.15, 0.2) is 0 Å². The monoisotopic (exact) mass is 221 g/mol. The van der Waals surface area contributed by atoms with E-state index >= 15 is 0 Å². The molecule has 0 saturated heterocycles. The van der Waals surface area contributed by atoms with Crippen LogP contribution >= 0.6 is 0 Å². The summed E-state index contributed by atoms with van der Waals surface area (Å²) in [6.45, 7) is 6.18. The number of nitrogens with two attached hydrogens (primary N) is 1. The Bertz CT molecular complexity index is 388. The third-order valence-corrected chi connectivity index (χ3v) is 2.36.